The lowest BCUT2D eigenvalue weighted by molar-refractivity contribution is -0.138. The van der Waals surface area contributed by atoms with Gasteiger partial charge >= 0.3 is 18.2 Å². The third kappa shape index (κ3) is 14.9. The van der Waals surface area contributed by atoms with E-state index < -0.39 is 113 Å². The molecule has 2 saturated heterocycles. The average Bonchev–Trinajstić information content (AvgIpc) is 2.77. The number of nitriles is 1. The number of fused-ring (bicyclic) bond motifs is 1. The number of aromatic nitrogens is 4. The molecule has 0 bridgehead atoms. The number of halogens is 7. The number of likely N-dealkylation sites (tertiary alicyclic amines) is 1. The molecule has 0 unspecified atom stereocenters. The molecule has 2 aromatic heterocycles. The molecular formula is C58H62F7N11O9. The Balaban J connectivity index is 0.926. The predicted octanol–water partition coefficient (Wildman–Crippen LogP) is 8.11. The Kier molecular flexibility index (Phi) is 19.6. The van der Waals surface area contributed by atoms with E-state index in [0.29, 0.717) is 41.5 Å². The van der Waals surface area contributed by atoms with Crippen LogP contribution in [0.3, 0.4) is 0 Å². The molecule has 5 aromatic rings. The second kappa shape index (κ2) is 26.6. The Labute approximate surface area is 484 Å². The van der Waals surface area contributed by atoms with Gasteiger partial charge in [0.2, 0.25) is 35.1 Å². The first-order valence-electron chi connectivity index (χ1n) is 27.4. The number of aryl methyl sites for hydroxylation is 1. The summed E-state index contributed by atoms with van der Waals surface area (Å²) in [5.41, 5.74) is -0.479. The number of carbonyl (C=O) groups excluding carboxylic acids is 6. The van der Waals surface area contributed by atoms with E-state index in [1.807, 2.05) is 6.07 Å². The zero-order valence-electron chi connectivity index (χ0n) is 47.1. The van der Waals surface area contributed by atoms with E-state index in [-0.39, 0.29) is 93.1 Å². The van der Waals surface area contributed by atoms with Gasteiger partial charge in [0, 0.05) is 68.7 Å². The summed E-state index contributed by atoms with van der Waals surface area (Å²) in [4.78, 5) is 89.4. The maximum atomic E-state index is 14.9. The van der Waals surface area contributed by atoms with Crippen LogP contribution >= 0.6 is 0 Å². The second-order valence-corrected chi connectivity index (χ2v) is 21.9. The van der Waals surface area contributed by atoms with E-state index >= 15 is 0 Å². The van der Waals surface area contributed by atoms with Gasteiger partial charge in [-0.2, -0.15) is 27.2 Å². The number of piperidine rings is 1. The van der Waals surface area contributed by atoms with Crippen molar-refractivity contribution in [2.24, 2.45) is 18.9 Å². The van der Waals surface area contributed by atoms with Crippen LogP contribution in [0.2, 0.25) is 0 Å². The molecule has 85 heavy (non-hydrogen) atoms. The first-order valence-corrected chi connectivity index (χ1v) is 27.4. The number of amides is 5. The molecule has 20 nitrogen and oxygen atoms in total. The van der Waals surface area contributed by atoms with Gasteiger partial charge in [0.1, 0.15) is 42.5 Å². The monoisotopic (exact) mass is 1190 g/mol. The minimum Gasteiger partial charge on any atom is -0.444 e. The molecule has 0 spiro atoms. The molecule has 5 heterocycles. The van der Waals surface area contributed by atoms with Crippen molar-refractivity contribution in [3.05, 3.63) is 123 Å². The van der Waals surface area contributed by atoms with Crippen LogP contribution in [-0.2, 0) is 73.4 Å². The number of esters is 1. The lowest BCUT2D eigenvalue weighted by atomic mass is 9.75. The molecule has 0 radical (unpaired) electrons. The molecule has 3 aliphatic heterocycles. The highest BCUT2D eigenvalue weighted by Crippen LogP contribution is 2.43. The van der Waals surface area contributed by atoms with Gasteiger partial charge in [0.25, 0.3) is 5.91 Å². The Morgan fingerprint density at radius 1 is 0.941 bits per heavy atom. The standard InChI is InChI=1S/C58H62F7N11O9/c1-32(2)51(71-47(77)10-6-11-48(78)85-52-49(61)42(59)23-43(60)50(52)62)54(80)68-34(4)53(79)69-38-14-12-35(13-15-38)28-84-56(82)75(18-8-16-66)44-21-37(57(29-83-30-57)24-46-72-67-31-73(46)5)22-45(70-44)76-27-40-39(55(76)81)19-36(20-41(40)58(63,64)65)26-74-17-7-9-33(3)25-74/h12-15,19-23,31-34,51H,6-11,17-18,24-30H2,1-5H3,(H,68,80)(H,69,79)(H,71,77)/t33-,34-,51-/m0/s1. The first-order chi connectivity index (χ1) is 40.3. The molecule has 3 N–H and O–H groups in total. The van der Waals surface area contributed by atoms with Crippen molar-refractivity contribution in [1.82, 2.24) is 35.3 Å². The molecule has 27 heteroatoms. The lowest BCUT2D eigenvalue weighted by Crippen LogP contribution is -2.53. The van der Waals surface area contributed by atoms with Gasteiger partial charge in [-0.1, -0.05) is 32.9 Å². The highest BCUT2D eigenvalue weighted by molar-refractivity contribution is 6.10. The molecule has 452 valence electrons. The van der Waals surface area contributed by atoms with E-state index in [4.69, 9.17) is 14.5 Å². The number of ether oxygens (including phenoxy) is 3. The summed E-state index contributed by atoms with van der Waals surface area (Å²) in [6, 6.07) is 11.6. The van der Waals surface area contributed by atoms with Gasteiger partial charge in [0.05, 0.1) is 37.8 Å². The van der Waals surface area contributed by atoms with E-state index in [0.717, 1.165) is 28.7 Å². The summed E-state index contributed by atoms with van der Waals surface area (Å²) < 4.78 is 117. The Morgan fingerprint density at radius 2 is 1.66 bits per heavy atom. The van der Waals surface area contributed by atoms with Crippen LogP contribution in [0.4, 0.5) is 52.9 Å². The Morgan fingerprint density at radius 3 is 2.28 bits per heavy atom. The first kappa shape index (κ1) is 62.5. The lowest BCUT2D eigenvalue weighted by Gasteiger charge is -2.42. The van der Waals surface area contributed by atoms with Crippen molar-refractivity contribution in [3.8, 4) is 11.8 Å². The van der Waals surface area contributed by atoms with Crippen LogP contribution in [0.1, 0.15) is 110 Å². The Bertz CT molecular complexity index is 3360. The molecule has 5 amide bonds. The molecule has 3 aromatic carbocycles. The normalized spacial score (nSPS) is 16.4. The van der Waals surface area contributed by atoms with Gasteiger partial charge in [-0.3, -0.25) is 38.7 Å². The molecule has 3 aliphatic rings. The van der Waals surface area contributed by atoms with Gasteiger partial charge in [0.15, 0.2) is 11.6 Å². The van der Waals surface area contributed by atoms with Crippen LogP contribution in [-0.4, -0.2) is 105 Å². The number of benzene rings is 3. The van der Waals surface area contributed by atoms with E-state index in [1.165, 1.54) is 31.5 Å². The van der Waals surface area contributed by atoms with E-state index in [9.17, 15) is 64.8 Å². The van der Waals surface area contributed by atoms with Crippen LogP contribution < -0.4 is 30.5 Å². The van der Waals surface area contributed by atoms with Gasteiger partial charge in [-0.05, 0) is 103 Å². The smallest absolute Gasteiger partial charge is 0.416 e. The number of rotatable bonds is 22. The summed E-state index contributed by atoms with van der Waals surface area (Å²) in [6.07, 6.45) is -3.43. The molecule has 3 atom stereocenters. The summed E-state index contributed by atoms with van der Waals surface area (Å²) in [5, 5.41) is 25.7. The van der Waals surface area contributed by atoms with Crippen molar-refractivity contribution in [1.29, 1.82) is 5.26 Å². The van der Waals surface area contributed by atoms with Crippen LogP contribution in [0.15, 0.2) is 60.9 Å². The maximum absolute atomic E-state index is 14.9. The quantitative estimate of drug-likeness (QED) is 0.0257. The number of nitrogens with one attached hydrogen (secondary N) is 3. The number of hydrogen-bond donors (Lipinski definition) is 3. The van der Waals surface area contributed by atoms with Crippen molar-refractivity contribution >= 4 is 53.0 Å². The van der Waals surface area contributed by atoms with E-state index in [2.05, 4.69) is 42.7 Å². The fourth-order valence-corrected chi connectivity index (χ4v) is 10.2. The number of anilines is 3. The third-order valence-corrected chi connectivity index (χ3v) is 14.9. The van der Waals surface area contributed by atoms with Crippen molar-refractivity contribution in [2.45, 2.75) is 116 Å². The minimum absolute atomic E-state index is 0.0522. The highest BCUT2D eigenvalue weighted by Gasteiger charge is 2.45. The summed E-state index contributed by atoms with van der Waals surface area (Å²) in [5.74, 6) is -12.7. The van der Waals surface area contributed by atoms with Crippen molar-refractivity contribution in [2.75, 3.05) is 48.0 Å². The fraction of sp³-hybridized carbons (Fsp3) is 0.448. The maximum Gasteiger partial charge on any atom is 0.416 e. The van der Waals surface area contributed by atoms with Crippen LogP contribution in [0.25, 0.3) is 0 Å². The van der Waals surface area contributed by atoms with Gasteiger partial charge in [-0.15, -0.1) is 10.2 Å². The molecule has 8 rings (SSSR count). The van der Waals surface area contributed by atoms with Gasteiger partial charge in [-0.25, -0.2) is 18.6 Å². The summed E-state index contributed by atoms with van der Waals surface area (Å²) in [6.45, 7) is 7.64. The largest absolute Gasteiger partial charge is 0.444 e. The zero-order valence-corrected chi connectivity index (χ0v) is 47.1. The number of pyridine rings is 1. The van der Waals surface area contributed by atoms with Crippen LogP contribution in [0, 0.1) is 46.4 Å². The zero-order chi connectivity index (χ0) is 61.5. The van der Waals surface area contributed by atoms with Crippen molar-refractivity contribution < 1.29 is 73.7 Å². The molecule has 0 saturated carbocycles. The minimum atomic E-state index is -4.80. The van der Waals surface area contributed by atoms with Crippen molar-refractivity contribution in [3.63, 3.8) is 0 Å². The second-order valence-electron chi connectivity index (χ2n) is 21.9. The summed E-state index contributed by atoms with van der Waals surface area (Å²) >= 11 is 0. The fourth-order valence-electron chi connectivity index (χ4n) is 10.2. The number of alkyl halides is 3. The predicted molar refractivity (Wildman–Crippen MR) is 290 cm³/mol. The SMILES string of the molecule is CC(C)[C@H](NC(=O)CCCC(=O)Oc1c(F)c(F)cc(F)c1F)C(=O)N[C@@H](C)C(=O)Nc1ccc(COC(=O)N(CCC#N)c2cc(C3(Cc4nncn4C)COC3)cc(N3Cc4c(cc(CN5CCC[C@H](C)C5)cc4C(F)(F)F)C3=O)n2)cc1. The van der Waals surface area contributed by atoms with E-state index in [1.54, 1.807) is 49.7 Å². The third-order valence-electron chi connectivity index (χ3n) is 14.9. The number of carbonyl (C=O) groups is 6. The topological polar surface area (TPSA) is 243 Å². The Hall–Kier alpha value is -8.51. The van der Waals surface area contributed by atoms with Gasteiger partial charge < -0.3 is 34.7 Å². The highest BCUT2D eigenvalue weighted by atomic mass is 19.4. The number of nitrogens with zero attached hydrogens (tertiary/aromatic N) is 8. The summed E-state index contributed by atoms with van der Waals surface area (Å²) in [7, 11) is 1.76. The van der Waals surface area contributed by atoms with Crippen LogP contribution in [0.5, 0.6) is 5.75 Å². The molecule has 2 fully saturated rings. The number of hydrogen-bond acceptors (Lipinski definition) is 14. The molecule has 0 aliphatic carbocycles. The molecular weight excluding hydrogens is 1130 g/mol. The average molecular weight is 1190 g/mol.